The van der Waals surface area contributed by atoms with E-state index in [1.807, 2.05) is 36.6 Å². The number of hydrogen-bond donors (Lipinski definition) is 1. The summed E-state index contributed by atoms with van der Waals surface area (Å²) in [5.41, 5.74) is 1.11. The first kappa shape index (κ1) is 15.8. The van der Waals surface area contributed by atoms with Crippen LogP contribution in [0.4, 0.5) is 0 Å². The van der Waals surface area contributed by atoms with Crippen molar-refractivity contribution in [3.63, 3.8) is 0 Å². The SMILES string of the molecule is CCCOc1ccc(/C=C(\C(=O)O)c2cccs2)cc1Br. The number of carboxylic acids is 1. The summed E-state index contributed by atoms with van der Waals surface area (Å²) in [6.07, 6.45) is 2.61. The largest absolute Gasteiger partial charge is 0.492 e. The highest BCUT2D eigenvalue weighted by Gasteiger charge is 2.12. The summed E-state index contributed by atoms with van der Waals surface area (Å²) in [7, 11) is 0. The Morgan fingerprint density at radius 1 is 1.43 bits per heavy atom. The predicted molar refractivity (Wildman–Crippen MR) is 89.8 cm³/mol. The summed E-state index contributed by atoms with van der Waals surface area (Å²) in [5.74, 6) is -0.165. The summed E-state index contributed by atoms with van der Waals surface area (Å²) in [6, 6.07) is 9.21. The van der Waals surface area contributed by atoms with Gasteiger partial charge in [0.05, 0.1) is 16.7 Å². The number of thiophene rings is 1. The minimum Gasteiger partial charge on any atom is -0.492 e. The van der Waals surface area contributed by atoms with E-state index in [-0.39, 0.29) is 0 Å². The molecular weight excluding hydrogens is 352 g/mol. The van der Waals surface area contributed by atoms with E-state index in [0.717, 1.165) is 27.1 Å². The summed E-state index contributed by atoms with van der Waals surface area (Å²) in [4.78, 5) is 12.1. The van der Waals surface area contributed by atoms with Crippen molar-refractivity contribution in [3.8, 4) is 5.75 Å². The maximum atomic E-state index is 11.4. The Kier molecular flexibility index (Phi) is 5.59. The number of aliphatic carboxylic acids is 1. The van der Waals surface area contributed by atoms with Gasteiger partial charge in [-0.2, -0.15) is 0 Å². The van der Waals surface area contributed by atoms with E-state index in [1.54, 1.807) is 12.1 Å². The Hall–Kier alpha value is -1.59. The highest BCUT2D eigenvalue weighted by molar-refractivity contribution is 9.10. The Labute approximate surface area is 136 Å². The number of carboxylic acid groups (broad SMARTS) is 1. The molecule has 5 heteroatoms. The van der Waals surface area contributed by atoms with E-state index >= 15 is 0 Å². The lowest BCUT2D eigenvalue weighted by molar-refractivity contribution is -0.130. The molecule has 2 aromatic rings. The van der Waals surface area contributed by atoms with Gasteiger partial charge < -0.3 is 9.84 Å². The highest BCUT2D eigenvalue weighted by atomic mass is 79.9. The maximum Gasteiger partial charge on any atom is 0.337 e. The van der Waals surface area contributed by atoms with Crippen molar-refractivity contribution in [1.82, 2.24) is 0 Å². The monoisotopic (exact) mass is 366 g/mol. The molecule has 0 radical (unpaired) electrons. The molecule has 0 aliphatic carbocycles. The molecule has 1 N–H and O–H groups in total. The molecule has 21 heavy (non-hydrogen) atoms. The van der Waals surface area contributed by atoms with Gasteiger partial charge >= 0.3 is 5.97 Å². The van der Waals surface area contributed by atoms with E-state index in [9.17, 15) is 9.90 Å². The zero-order chi connectivity index (χ0) is 15.2. The zero-order valence-electron chi connectivity index (χ0n) is 11.5. The predicted octanol–water partition coefficient (Wildman–Crippen LogP) is 4.92. The topological polar surface area (TPSA) is 46.5 Å². The lowest BCUT2D eigenvalue weighted by Gasteiger charge is -2.08. The van der Waals surface area contributed by atoms with E-state index in [0.29, 0.717) is 12.2 Å². The zero-order valence-corrected chi connectivity index (χ0v) is 13.9. The van der Waals surface area contributed by atoms with Crippen molar-refractivity contribution in [3.05, 3.63) is 50.6 Å². The van der Waals surface area contributed by atoms with Gasteiger partial charge in [-0.1, -0.05) is 19.1 Å². The van der Waals surface area contributed by atoms with Crippen LogP contribution in [0.1, 0.15) is 23.8 Å². The summed E-state index contributed by atoms with van der Waals surface area (Å²) < 4.78 is 6.40. The second-order valence-corrected chi connectivity index (χ2v) is 6.18. The van der Waals surface area contributed by atoms with Crippen LogP contribution < -0.4 is 4.74 Å². The fourth-order valence-corrected chi connectivity index (χ4v) is 3.02. The molecule has 0 fully saturated rings. The molecule has 0 atom stereocenters. The van der Waals surface area contributed by atoms with Crippen LogP contribution in [0.3, 0.4) is 0 Å². The Balaban J connectivity index is 2.30. The number of benzene rings is 1. The Morgan fingerprint density at radius 3 is 2.81 bits per heavy atom. The van der Waals surface area contributed by atoms with Gasteiger partial charge in [0.1, 0.15) is 5.75 Å². The number of hydrogen-bond acceptors (Lipinski definition) is 3. The van der Waals surface area contributed by atoms with Crippen LogP contribution in [0.5, 0.6) is 5.75 Å². The van der Waals surface area contributed by atoms with Crippen molar-refractivity contribution in [1.29, 1.82) is 0 Å². The fraction of sp³-hybridized carbons (Fsp3) is 0.188. The average Bonchev–Trinajstić information content (AvgIpc) is 2.97. The molecule has 110 valence electrons. The van der Waals surface area contributed by atoms with Crippen LogP contribution in [0.25, 0.3) is 11.6 Å². The molecule has 0 aliphatic rings. The third kappa shape index (κ3) is 4.19. The molecule has 1 aromatic heterocycles. The molecule has 0 aliphatic heterocycles. The maximum absolute atomic E-state index is 11.4. The van der Waals surface area contributed by atoms with E-state index < -0.39 is 5.97 Å². The second kappa shape index (κ2) is 7.43. The van der Waals surface area contributed by atoms with Crippen molar-refractivity contribution in [2.45, 2.75) is 13.3 Å². The molecule has 1 aromatic carbocycles. The summed E-state index contributed by atoms with van der Waals surface area (Å²) in [6.45, 7) is 2.70. The quantitative estimate of drug-likeness (QED) is 0.737. The fourth-order valence-electron chi connectivity index (χ4n) is 1.77. The molecule has 3 nitrogen and oxygen atoms in total. The Morgan fingerprint density at radius 2 is 2.24 bits per heavy atom. The normalized spacial score (nSPS) is 11.4. The van der Waals surface area contributed by atoms with Crippen molar-refractivity contribution < 1.29 is 14.6 Å². The first-order valence-electron chi connectivity index (χ1n) is 6.53. The van der Waals surface area contributed by atoms with Crippen LogP contribution in [0, 0.1) is 0 Å². The number of ether oxygens (including phenoxy) is 1. The van der Waals surface area contributed by atoms with Crippen LogP contribution in [0.15, 0.2) is 40.2 Å². The van der Waals surface area contributed by atoms with Gasteiger partial charge in [-0.25, -0.2) is 4.79 Å². The molecule has 0 unspecified atom stereocenters. The molecule has 0 saturated heterocycles. The van der Waals surface area contributed by atoms with Crippen LogP contribution in [-0.2, 0) is 4.79 Å². The number of carbonyl (C=O) groups is 1. The van der Waals surface area contributed by atoms with Gasteiger partial charge in [0, 0.05) is 4.88 Å². The lowest BCUT2D eigenvalue weighted by Crippen LogP contribution is -1.98. The third-order valence-electron chi connectivity index (χ3n) is 2.75. The van der Waals surface area contributed by atoms with Gasteiger partial charge in [0.15, 0.2) is 0 Å². The highest BCUT2D eigenvalue weighted by Crippen LogP contribution is 2.29. The van der Waals surface area contributed by atoms with Gasteiger partial charge in [-0.05, 0) is 57.6 Å². The molecular formula is C16H15BrO3S. The molecule has 0 amide bonds. The average molecular weight is 367 g/mol. The van der Waals surface area contributed by atoms with Gasteiger partial charge in [0.25, 0.3) is 0 Å². The first-order valence-corrected chi connectivity index (χ1v) is 8.20. The molecule has 0 bridgehead atoms. The summed E-state index contributed by atoms with van der Waals surface area (Å²) >= 11 is 4.87. The van der Waals surface area contributed by atoms with Crippen molar-refractivity contribution in [2.75, 3.05) is 6.61 Å². The van der Waals surface area contributed by atoms with Crippen LogP contribution in [0.2, 0.25) is 0 Å². The van der Waals surface area contributed by atoms with E-state index in [2.05, 4.69) is 15.9 Å². The minimum atomic E-state index is -0.931. The third-order valence-corrected chi connectivity index (χ3v) is 4.27. The number of rotatable bonds is 6. The van der Waals surface area contributed by atoms with E-state index in [1.165, 1.54) is 11.3 Å². The first-order chi connectivity index (χ1) is 10.1. The molecule has 0 spiro atoms. The van der Waals surface area contributed by atoms with Gasteiger partial charge in [-0.15, -0.1) is 11.3 Å². The smallest absolute Gasteiger partial charge is 0.337 e. The van der Waals surface area contributed by atoms with Gasteiger partial charge in [0.2, 0.25) is 0 Å². The van der Waals surface area contributed by atoms with Crippen LogP contribution in [-0.4, -0.2) is 17.7 Å². The number of halogens is 1. The standard InChI is InChI=1S/C16H15BrO3S/c1-2-7-20-14-6-5-11(10-13(14)17)9-12(16(18)19)15-4-3-8-21-15/h3-6,8-10H,2,7H2,1H3,(H,18,19)/b12-9-. The second-order valence-electron chi connectivity index (χ2n) is 4.38. The molecule has 0 saturated carbocycles. The summed E-state index contributed by atoms with van der Waals surface area (Å²) in [5, 5.41) is 11.2. The van der Waals surface area contributed by atoms with E-state index in [4.69, 9.17) is 4.74 Å². The Bertz CT molecular complexity index is 648. The molecule has 1 heterocycles. The minimum absolute atomic E-state index is 0.291. The lowest BCUT2D eigenvalue weighted by atomic mass is 10.1. The molecule has 2 rings (SSSR count). The van der Waals surface area contributed by atoms with Crippen molar-refractivity contribution >= 4 is 44.9 Å². The van der Waals surface area contributed by atoms with Crippen LogP contribution >= 0.6 is 27.3 Å². The van der Waals surface area contributed by atoms with Crippen molar-refractivity contribution in [2.24, 2.45) is 0 Å². The van der Waals surface area contributed by atoms with Gasteiger partial charge in [-0.3, -0.25) is 0 Å².